The smallest absolute Gasteiger partial charge is 0.279 e. The van der Waals surface area contributed by atoms with Gasteiger partial charge in [0, 0.05) is 18.1 Å². The second-order valence-corrected chi connectivity index (χ2v) is 7.56. The molecule has 0 aliphatic rings. The summed E-state index contributed by atoms with van der Waals surface area (Å²) in [7, 11) is 0. The van der Waals surface area contributed by atoms with Crippen LogP contribution in [0.25, 0.3) is 16.2 Å². The molecule has 4 rings (SSSR count). The molecule has 0 atom stereocenters. The van der Waals surface area contributed by atoms with Gasteiger partial charge in [0.2, 0.25) is 15.7 Å². The predicted molar refractivity (Wildman–Crippen MR) is 107 cm³/mol. The summed E-state index contributed by atoms with van der Waals surface area (Å²) < 4.78 is 1.89. The Kier molecular flexibility index (Phi) is 4.66. The zero-order valence-corrected chi connectivity index (χ0v) is 15.9. The lowest BCUT2D eigenvalue weighted by molar-refractivity contribution is -0.114. The molecular weight excluding hydrogens is 380 g/mol. The highest BCUT2D eigenvalue weighted by atomic mass is 32.1. The molecule has 0 unspecified atom stereocenters. The zero-order chi connectivity index (χ0) is 18.8. The van der Waals surface area contributed by atoms with Crippen LogP contribution in [0.4, 0.5) is 5.00 Å². The SMILES string of the molecule is CC(=O)Nc1sc2nc(=NC(=O)c3ccccc3)sn2c1-c1ccccc1. The van der Waals surface area contributed by atoms with Crippen LogP contribution in [0, 0.1) is 0 Å². The van der Waals surface area contributed by atoms with E-state index in [4.69, 9.17) is 0 Å². The van der Waals surface area contributed by atoms with Gasteiger partial charge >= 0.3 is 0 Å². The lowest BCUT2D eigenvalue weighted by Gasteiger charge is -2.04. The highest BCUT2D eigenvalue weighted by Crippen LogP contribution is 2.36. The lowest BCUT2D eigenvalue weighted by Crippen LogP contribution is -2.06. The third-order valence-corrected chi connectivity index (χ3v) is 5.66. The maximum absolute atomic E-state index is 12.3. The van der Waals surface area contributed by atoms with Gasteiger partial charge in [-0.3, -0.25) is 9.59 Å². The van der Waals surface area contributed by atoms with Crippen molar-refractivity contribution >= 4 is 44.6 Å². The van der Waals surface area contributed by atoms with Crippen molar-refractivity contribution in [3.63, 3.8) is 0 Å². The van der Waals surface area contributed by atoms with Crippen LogP contribution in [0.3, 0.4) is 0 Å². The fourth-order valence-electron chi connectivity index (χ4n) is 2.57. The number of fused-ring (bicyclic) bond motifs is 1. The van der Waals surface area contributed by atoms with Crippen LogP contribution < -0.4 is 10.1 Å². The highest BCUT2D eigenvalue weighted by Gasteiger charge is 2.17. The van der Waals surface area contributed by atoms with E-state index >= 15 is 0 Å². The number of amides is 2. The topological polar surface area (TPSA) is 75.8 Å². The summed E-state index contributed by atoms with van der Waals surface area (Å²) in [5.74, 6) is -0.480. The average Bonchev–Trinajstić information content (AvgIpc) is 3.19. The Bertz CT molecular complexity index is 1190. The van der Waals surface area contributed by atoms with E-state index in [-0.39, 0.29) is 11.8 Å². The summed E-state index contributed by atoms with van der Waals surface area (Å²) in [5, 5.41) is 3.58. The van der Waals surface area contributed by atoms with Crippen LogP contribution in [-0.2, 0) is 4.79 Å². The van der Waals surface area contributed by atoms with Crippen LogP contribution in [0.5, 0.6) is 0 Å². The van der Waals surface area contributed by atoms with Crippen molar-refractivity contribution in [1.82, 2.24) is 8.77 Å². The Balaban J connectivity index is 1.83. The van der Waals surface area contributed by atoms with Crippen LogP contribution in [0.15, 0.2) is 65.7 Å². The van der Waals surface area contributed by atoms with Crippen LogP contribution in [-0.4, -0.2) is 20.6 Å². The first-order chi connectivity index (χ1) is 13.1. The molecule has 0 saturated heterocycles. The largest absolute Gasteiger partial charge is 0.316 e. The summed E-state index contributed by atoms with van der Waals surface area (Å²) in [6.45, 7) is 1.47. The number of benzene rings is 2. The number of nitrogens with zero attached hydrogens (tertiary/aromatic N) is 3. The van der Waals surface area contributed by atoms with E-state index in [1.54, 1.807) is 24.3 Å². The quantitative estimate of drug-likeness (QED) is 0.574. The van der Waals surface area contributed by atoms with Gasteiger partial charge in [-0.1, -0.05) is 59.9 Å². The Hall–Kier alpha value is -3.10. The Morgan fingerprint density at radius 2 is 1.70 bits per heavy atom. The molecule has 2 aromatic heterocycles. The highest BCUT2D eigenvalue weighted by molar-refractivity contribution is 7.23. The van der Waals surface area contributed by atoms with Crippen molar-refractivity contribution in [3.05, 3.63) is 71.0 Å². The minimum Gasteiger partial charge on any atom is -0.316 e. The van der Waals surface area contributed by atoms with Gasteiger partial charge in [-0.05, 0) is 23.7 Å². The van der Waals surface area contributed by atoms with E-state index < -0.39 is 0 Å². The molecule has 0 spiro atoms. The third kappa shape index (κ3) is 3.57. The Labute approximate surface area is 162 Å². The first-order valence-electron chi connectivity index (χ1n) is 8.12. The third-order valence-electron chi connectivity index (χ3n) is 3.70. The number of nitrogens with one attached hydrogen (secondary N) is 1. The van der Waals surface area contributed by atoms with Gasteiger partial charge in [-0.15, -0.1) is 0 Å². The summed E-state index contributed by atoms with van der Waals surface area (Å²) >= 11 is 2.62. The zero-order valence-electron chi connectivity index (χ0n) is 14.2. The average molecular weight is 394 g/mol. The van der Waals surface area contributed by atoms with E-state index in [0.717, 1.165) is 11.3 Å². The molecule has 2 heterocycles. The van der Waals surface area contributed by atoms with Crippen LogP contribution in [0.1, 0.15) is 17.3 Å². The van der Waals surface area contributed by atoms with Gasteiger partial charge in [-0.25, -0.2) is 3.79 Å². The molecule has 0 aliphatic carbocycles. The van der Waals surface area contributed by atoms with E-state index in [0.29, 0.717) is 20.3 Å². The maximum Gasteiger partial charge on any atom is 0.279 e. The molecule has 134 valence electrons. The molecule has 6 nitrogen and oxygen atoms in total. The molecule has 0 saturated carbocycles. The molecule has 4 aromatic rings. The fraction of sp³-hybridized carbons (Fsp3) is 0.0526. The minimum atomic E-state index is -0.332. The van der Waals surface area contributed by atoms with Gasteiger partial charge < -0.3 is 5.32 Å². The molecule has 2 amide bonds. The molecular formula is C19H14N4O2S2. The first-order valence-corrected chi connectivity index (χ1v) is 9.71. The normalized spacial score (nSPS) is 11.7. The molecule has 0 bridgehead atoms. The van der Waals surface area contributed by atoms with E-state index in [2.05, 4.69) is 15.3 Å². The van der Waals surface area contributed by atoms with Gasteiger partial charge in [-0.2, -0.15) is 9.98 Å². The number of hydrogen-bond donors (Lipinski definition) is 1. The number of hydrogen-bond acceptors (Lipinski definition) is 5. The summed E-state index contributed by atoms with van der Waals surface area (Å²) in [6.07, 6.45) is 0. The Morgan fingerprint density at radius 3 is 2.37 bits per heavy atom. The maximum atomic E-state index is 12.3. The molecule has 0 aliphatic heterocycles. The molecule has 0 fully saturated rings. The van der Waals surface area contributed by atoms with Crippen molar-refractivity contribution in [2.24, 2.45) is 4.99 Å². The fourth-order valence-corrected chi connectivity index (χ4v) is 4.72. The number of thiazole rings is 1. The van der Waals surface area contributed by atoms with Gasteiger partial charge in [0.1, 0.15) is 10.7 Å². The predicted octanol–water partition coefficient (Wildman–Crippen LogP) is 3.82. The molecule has 1 N–H and O–H groups in total. The van der Waals surface area contributed by atoms with E-state index in [1.165, 1.54) is 29.8 Å². The standard InChI is InChI=1S/C19H14N4O2S2/c1-12(24)20-17-15(13-8-4-2-5-9-13)23-19(26-17)22-18(27-23)21-16(25)14-10-6-3-7-11-14/h2-11H,1H3,(H,20,24). The number of rotatable bonds is 3. The van der Waals surface area contributed by atoms with Crippen molar-refractivity contribution in [2.75, 3.05) is 5.32 Å². The number of anilines is 1. The van der Waals surface area contributed by atoms with Gasteiger partial charge in [0.25, 0.3) is 5.91 Å². The van der Waals surface area contributed by atoms with E-state index in [1.807, 2.05) is 40.2 Å². The van der Waals surface area contributed by atoms with Gasteiger partial charge in [0.15, 0.2) is 0 Å². The minimum absolute atomic E-state index is 0.147. The number of aromatic nitrogens is 2. The first kappa shape index (κ1) is 17.3. The second-order valence-electron chi connectivity index (χ2n) is 5.67. The molecule has 0 radical (unpaired) electrons. The summed E-state index contributed by atoms with van der Waals surface area (Å²) in [5.41, 5.74) is 2.29. The molecule has 8 heteroatoms. The lowest BCUT2D eigenvalue weighted by atomic mass is 10.2. The second kappa shape index (κ2) is 7.26. The van der Waals surface area contributed by atoms with Crippen molar-refractivity contribution in [3.8, 4) is 11.3 Å². The Morgan fingerprint density at radius 1 is 1.04 bits per heavy atom. The van der Waals surface area contributed by atoms with Crippen molar-refractivity contribution in [2.45, 2.75) is 6.92 Å². The molecule has 2 aromatic carbocycles. The summed E-state index contributed by atoms with van der Waals surface area (Å²) in [6, 6.07) is 18.6. The van der Waals surface area contributed by atoms with Gasteiger partial charge in [0.05, 0.1) is 0 Å². The van der Waals surface area contributed by atoms with Crippen molar-refractivity contribution in [1.29, 1.82) is 0 Å². The van der Waals surface area contributed by atoms with Crippen LogP contribution in [0.2, 0.25) is 0 Å². The molecule has 27 heavy (non-hydrogen) atoms. The summed E-state index contributed by atoms with van der Waals surface area (Å²) in [4.78, 5) is 33.5. The monoisotopic (exact) mass is 394 g/mol. The van der Waals surface area contributed by atoms with Crippen molar-refractivity contribution < 1.29 is 9.59 Å². The van der Waals surface area contributed by atoms with Crippen LogP contribution >= 0.6 is 22.9 Å². The number of carbonyl (C=O) groups excluding carboxylic acids is 2. The number of carbonyl (C=O) groups is 2. The van der Waals surface area contributed by atoms with E-state index in [9.17, 15) is 9.59 Å².